The van der Waals surface area contributed by atoms with Gasteiger partial charge < -0.3 is 4.74 Å². The Morgan fingerprint density at radius 1 is 0.682 bits per heavy atom. The first kappa shape index (κ1) is 15.9. The van der Waals surface area contributed by atoms with Crippen LogP contribution in [0.1, 0.15) is 0 Å². The number of halogens is 4. The molecule has 0 saturated heterocycles. The van der Waals surface area contributed by atoms with Crippen molar-refractivity contribution in [1.82, 2.24) is 0 Å². The molecule has 0 atom stereocenters. The molecule has 3 nitrogen and oxygen atoms in total. The van der Waals surface area contributed by atoms with Crippen molar-refractivity contribution in [1.29, 1.82) is 0 Å². The molecule has 0 unspecified atom stereocenters. The molecule has 0 aliphatic rings. The van der Waals surface area contributed by atoms with Gasteiger partial charge in [-0.25, -0.2) is 17.6 Å². The normalized spacial score (nSPS) is 11.8. The third-order valence-electron chi connectivity index (χ3n) is 2.64. The number of azo groups is 1. The number of alkyl halides is 4. The van der Waals surface area contributed by atoms with Crippen molar-refractivity contribution in [2.24, 2.45) is 10.2 Å². The van der Waals surface area contributed by atoms with E-state index >= 15 is 0 Å². The fourth-order valence-corrected chi connectivity index (χ4v) is 1.57. The molecule has 2 aromatic carbocycles. The Morgan fingerprint density at radius 3 is 1.68 bits per heavy atom. The molecule has 0 spiro atoms. The summed E-state index contributed by atoms with van der Waals surface area (Å²) in [7, 11) is 0. The van der Waals surface area contributed by atoms with Crippen LogP contribution in [0.15, 0.2) is 64.8 Å². The maximum absolute atomic E-state index is 12.4. The van der Waals surface area contributed by atoms with Gasteiger partial charge >= 0.3 is 0 Å². The van der Waals surface area contributed by atoms with Crippen LogP contribution in [0.3, 0.4) is 0 Å². The quantitative estimate of drug-likeness (QED) is 0.521. The fraction of sp³-hybridized carbons (Fsp3) is 0.200. The summed E-state index contributed by atoms with van der Waals surface area (Å²) in [6.07, 6.45) is -8.98. The van der Waals surface area contributed by atoms with Gasteiger partial charge in [0.05, 0.1) is 11.4 Å². The third-order valence-corrected chi connectivity index (χ3v) is 2.64. The van der Waals surface area contributed by atoms with Crippen LogP contribution in [0.25, 0.3) is 0 Å². The van der Waals surface area contributed by atoms with Gasteiger partial charge in [-0.3, -0.25) is 0 Å². The number of rotatable bonds is 6. The standard InChI is InChI=1S/C15H12F4N2O/c16-14(17)13(15(18)19)22-12-8-6-11(7-9-12)21-20-10-4-2-1-3-5-10/h1-9,13-15H. The minimum Gasteiger partial charge on any atom is -0.478 e. The van der Waals surface area contributed by atoms with Crippen LogP contribution < -0.4 is 4.74 Å². The Morgan fingerprint density at radius 2 is 1.18 bits per heavy atom. The van der Waals surface area contributed by atoms with Crippen LogP contribution >= 0.6 is 0 Å². The highest BCUT2D eigenvalue weighted by atomic mass is 19.3. The Balaban J connectivity index is 2.02. The molecule has 0 saturated carbocycles. The molecule has 0 fully saturated rings. The molecule has 0 bridgehead atoms. The van der Waals surface area contributed by atoms with E-state index in [1.807, 2.05) is 6.07 Å². The van der Waals surface area contributed by atoms with E-state index in [-0.39, 0.29) is 5.75 Å². The first-order chi connectivity index (χ1) is 10.6. The van der Waals surface area contributed by atoms with Crippen molar-refractivity contribution < 1.29 is 22.3 Å². The average molecular weight is 312 g/mol. The molecule has 0 amide bonds. The Bertz CT molecular complexity index is 595. The SMILES string of the molecule is FC(F)C(Oc1ccc(N=Nc2ccccc2)cc1)C(F)F. The predicted octanol–water partition coefficient (Wildman–Crippen LogP) is 5.38. The first-order valence-electron chi connectivity index (χ1n) is 6.36. The van der Waals surface area contributed by atoms with Crippen molar-refractivity contribution in [3.8, 4) is 5.75 Å². The molecule has 0 aliphatic carbocycles. The van der Waals surface area contributed by atoms with E-state index in [1.165, 1.54) is 24.3 Å². The zero-order chi connectivity index (χ0) is 15.9. The topological polar surface area (TPSA) is 34.0 Å². The summed E-state index contributed by atoms with van der Waals surface area (Å²) in [5.74, 6) is -0.0794. The van der Waals surface area contributed by atoms with Gasteiger partial charge in [-0.15, -0.1) is 0 Å². The zero-order valence-electron chi connectivity index (χ0n) is 11.2. The van der Waals surface area contributed by atoms with Crippen LogP contribution in [-0.2, 0) is 0 Å². The maximum atomic E-state index is 12.4. The van der Waals surface area contributed by atoms with Gasteiger partial charge in [0.15, 0.2) is 0 Å². The second-order valence-electron chi connectivity index (χ2n) is 4.28. The highest BCUT2D eigenvalue weighted by Gasteiger charge is 2.32. The van der Waals surface area contributed by atoms with Crippen LogP contribution in [0, 0.1) is 0 Å². The van der Waals surface area contributed by atoms with E-state index in [1.54, 1.807) is 24.3 Å². The summed E-state index contributed by atoms with van der Waals surface area (Å²) in [5, 5.41) is 7.91. The molecule has 0 aliphatic heterocycles. The summed E-state index contributed by atoms with van der Waals surface area (Å²) in [5.41, 5.74) is 1.10. The van der Waals surface area contributed by atoms with Crippen molar-refractivity contribution in [3.05, 3.63) is 54.6 Å². The molecule has 116 valence electrons. The van der Waals surface area contributed by atoms with Gasteiger partial charge in [0.1, 0.15) is 5.75 Å². The van der Waals surface area contributed by atoms with Crippen LogP contribution in [0.2, 0.25) is 0 Å². The van der Waals surface area contributed by atoms with E-state index < -0.39 is 19.0 Å². The summed E-state index contributed by atoms with van der Waals surface area (Å²) in [6.45, 7) is 0. The number of nitrogens with zero attached hydrogens (tertiary/aromatic N) is 2. The summed E-state index contributed by atoms with van der Waals surface area (Å²) in [4.78, 5) is 0. The van der Waals surface area contributed by atoms with Crippen molar-refractivity contribution >= 4 is 11.4 Å². The lowest BCUT2D eigenvalue weighted by atomic mass is 10.3. The number of hydrogen-bond acceptors (Lipinski definition) is 3. The zero-order valence-corrected chi connectivity index (χ0v) is 11.2. The Kier molecular flexibility index (Phi) is 5.46. The van der Waals surface area contributed by atoms with E-state index in [4.69, 9.17) is 0 Å². The minimum atomic E-state index is -3.27. The molecule has 0 aromatic heterocycles. The lowest BCUT2D eigenvalue weighted by Gasteiger charge is -2.17. The van der Waals surface area contributed by atoms with E-state index in [0.717, 1.165) is 0 Å². The fourth-order valence-electron chi connectivity index (χ4n) is 1.57. The van der Waals surface area contributed by atoms with Gasteiger partial charge in [-0.1, -0.05) is 18.2 Å². The van der Waals surface area contributed by atoms with Gasteiger partial charge in [0.25, 0.3) is 12.9 Å². The molecule has 2 rings (SSSR count). The van der Waals surface area contributed by atoms with Gasteiger partial charge in [-0.2, -0.15) is 10.2 Å². The average Bonchev–Trinajstić information content (AvgIpc) is 2.52. The maximum Gasteiger partial charge on any atom is 0.280 e. The van der Waals surface area contributed by atoms with Gasteiger partial charge in [-0.05, 0) is 36.4 Å². The lowest BCUT2D eigenvalue weighted by molar-refractivity contribution is -0.0763. The van der Waals surface area contributed by atoms with E-state index in [0.29, 0.717) is 11.4 Å². The second kappa shape index (κ2) is 7.53. The number of hydrogen-bond donors (Lipinski definition) is 0. The van der Waals surface area contributed by atoms with Gasteiger partial charge in [0, 0.05) is 0 Å². The Labute approximate surface area is 124 Å². The molecule has 22 heavy (non-hydrogen) atoms. The van der Waals surface area contributed by atoms with Crippen molar-refractivity contribution in [2.45, 2.75) is 19.0 Å². The summed E-state index contributed by atoms with van der Waals surface area (Å²) in [6, 6.07) is 14.4. The largest absolute Gasteiger partial charge is 0.478 e. The molecule has 0 N–H and O–H groups in total. The highest BCUT2D eigenvalue weighted by molar-refractivity contribution is 5.42. The molecule has 7 heteroatoms. The highest BCUT2D eigenvalue weighted by Crippen LogP contribution is 2.24. The van der Waals surface area contributed by atoms with Gasteiger partial charge in [0.2, 0.25) is 6.10 Å². The van der Waals surface area contributed by atoms with Crippen molar-refractivity contribution in [2.75, 3.05) is 0 Å². The van der Waals surface area contributed by atoms with E-state index in [9.17, 15) is 17.6 Å². The third kappa shape index (κ3) is 4.54. The van der Waals surface area contributed by atoms with Crippen LogP contribution in [-0.4, -0.2) is 19.0 Å². The summed E-state index contributed by atoms with van der Waals surface area (Å²) < 4.78 is 54.1. The van der Waals surface area contributed by atoms with Crippen molar-refractivity contribution in [3.63, 3.8) is 0 Å². The number of ether oxygens (including phenoxy) is 1. The first-order valence-corrected chi connectivity index (χ1v) is 6.36. The smallest absolute Gasteiger partial charge is 0.280 e. The number of benzene rings is 2. The van der Waals surface area contributed by atoms with Crippen LogP contribution in [0.4, 0.5) is 28.9 Å². The monoisotopic (exact) mass is 312 g/mol. The minimum absolute atomic E-state index is 0.0794. The predicted molar refractivity (Wildman–Crippen MR) is 73.5 cm³/mol. The molecular weight excluding hydrogens is 300 g/mol. The molecule has 0 heterocycles. The molecule has 2 aromatic rings. The molecule has 0 radical (unpaired) electrons. The second-order valence-corrected chi connectivity index (χ2v) is 4.28. The van der Waals surface area contributed by atoms with E-state index in [2.05, 4.69) is 15.0 Å². The lowest BCUT2D eigenvalue weighted by Crippen LogP contribution is -2.32. The Hall–Kier alpha value is -2.44. The summed E-state index contributed by atoms with van der Waals surface area (Å²) >= 11 is 0. The molecular formula is C15H12F4N2O. The van der Waals surface area contributed by atoms with Crippen LogP contribution in [0.5, 0.6) is 5.75 Å².